The minimum absolute atomic E-state index is 0.102. The van der Waals surface area contributed by atoms with Crippen LogP contribution in [0.1, 0.15) is 18.9 Å². The van der Waals surface area contributed by atoms with E-state index in [0.717, 1.165) is 12.1 Å². The van der Waals surface area contributed by atoms with E-state index in [0.29, 0.717) is 32.0 Å². The first kappa shape index (κ1) is 19.1. The lowest BCUT2D eigenvalue weighted by atomic mass is 10.0. The van der Waals surface area contributed by atoms with Crippen LogP contribution in [0.3, 0.4) is 0 Å². The van der Waals surface area contributed by atoms with Crippen LogP contribution in [-0.2, 0) is 9.84 Å². The van der Waals surface area contributed by atoms with Gasteiger partial charge in [-0.05, 0) is 25.0 Å². The van der Waals surface area contributed by atoms with Gasteiger partial charge >= 0.3 is 5.51 Å². The molecule has 0 atom stereocenters. The summed E-state index contributed by atoms with van der Waals surface area (Å²) < 4.78 is 63.1. The fraction of sp³-hybridized carbons (Fsp3) is 0.400. The Morgan fingerprint density at radius 3 is 2.41 bits per heavy atom. The standard InChI is InChI=1S/C15H15F3N4O4S/c16-15(17,18)27(25,26)12-1-2-13(14(9-12)22(23)24)20-6-3-11(4-7-20)21-8-5-19-10-21/h1-2,5,8-11H,3-4,6-7H2. The number of benzene rings is 1. The van der Waals surface area contributed by atoms with Crippen LogP contribution in [-0.4, -0.2) is 41.5 Å². The molecule has 0 spiro atoms. The second-order valence-corrected chi connectivity index (χ2v) is 8.03. The number of hydrogen-bond acceptors (Lipinski definition) is 6. The molecular formula is C15H15F3N4O4S. The predicted molar refractivity (Wildman–Crippen MR) is 89.0 cm³/mol. The molecule has 0 radical (unpaired) electrons. The normalized spacial score (nSPS) is 16.5. The molecule has 1 aromatic carbocycles. The average Bonchev–Trinajstić information content (AvgIpc) is 3.15. The third kappa shape index (κ3) is 3.61. The van der Waals surface area contributed by atoms with E-state index in [9.17, 15) is 31.7 Å². The zero-order chi connectivity index (χ0) is 19.8. The van der Waals surface area contributed by atoms with Crippen molar-refractivity contribution in [1.29, 1.82) is 0 Å². The third-order valence-electron chi connectivity index (χ3n) is 4.51. The molecule has 2 aromatic rings. The molecule has 0 unspecified atom stereocenters. The molecule has 1 aliphatic rings. The van der Waals surface area contributed by atoms with Crippen molar-refractivity contribution in [2.75, 3.05) is 18.0 Å². The van der Waals surface area contributed by atoms with Gasteiger partial charge in [-0.15, -0.1) is 0 Å². The summed E-state index contributed by atoms with van der Waals surface area (Å²) in [6.45, 7) is 0.879. The highest BCUT2D eigenvalue weighted by molar-refractivity contribution is 7.92. The van der Waals surface area contributed by atoms with Crippen molar-refractivity contribution < 1.29 is 26.5 Å². The summed E-state index contributed by atoms with van der Waals surface area (Å²) in [5.74, 6) is 0. The smallest absolute Gasteiger partial charge is 0.366 e. The van der Waals surface area contributed by atoms with Crippen LogP contribution in [0.2, 0.25) is 0 Å². The second kappa shape index (κ2) is 6.83. The van der Waals surface area contributed by atoms with Crippen molar-refractivity contribution in [3.8, 4) is 0 Å². The number of nitro groups is 1. The maximum absolute atomic E-state index is 12.7. The summed E-state index contributed by atoms with van der Waals surface area (Å²) in [5, 5.41) is 11.3. The number of anilines is 1. The van der Waals surface area contributed by atoms with Gasteiger partial charge in [-0.25, -0.2) is 13.4 Å². The van der Waals surface area contributed by atoms with Crippen LogP contribution in [0.4, 0.5) is 24.5 Å². The Hall–Kier alpha value is -2.63. The summed E-state index contributed by atoms with van der Waals surface area (Å²) in [4.78, 5) is 15.0. The number of alkyl halides is 3. The molecule has 146 valence electrons. The fourth-order valence-electron chi connectivity index (χ4n) is 3.11. The topological polar surface area (TPSA) is 98.3 Å². The number of halogens is 3. The summed E-state index contributed by atoms with van der Waals surface area (Å²) >= 11 is 0. The summed E-state index contributed by atoms with van der Waals surface area (Å²) in [6.07, 6.45) is 6.47. The molecule has 8 nitrogen and oxygen atoms in total. The summed E-state index contributed by atoms with van der Waals surface area (Å²) in [6, 6.07) is 2.47. The molecule has 12 heteroatoms. The fourth-order valence-corrected chi connectivity index (χ4v) is 3.89. The van der Waals surface area contributed by atoms with Gasteiger partial charge in [-0.1, -0.05) is 0 Å². The lowest BCUT2D eigenvalue weighted by Gasteiger charge is -2.33. The number of imidazole rings is 1. The first-order valence-corrected chi connectivity index (χ1v) is 9.42. The highest BCUT2D eigenvalue weighted by Gasteiger charge is 2.47. The third-order valence-corrected chi connectivity index (χ3v) is 5.99. The molecule has 1 aliphatic heterocycles. The molecule has 0 bridgehead atoms. The van der Waals surface area contributed by atoms with Crippen molar-refractivity contribution in [2.24, 2.45) is 0 Å². The molecule has 0 N–H and O–H groups in total. The lowest BCUT2D eigenvalue weighted by Crippen LogP contribution is -2.34. The number of rotatable bonds is 4. The van der Waals surface area contributed by atoms with E-state index in [1.165, 1.54) is 0 Å². The average molecular weight is 404 g/mol. The van der Waals surface area contributed by atoms with Gasteiger partial charge in [-0.2, -0.15) is 13.2 Å². The Balaban J connectivity index is 1.87. The minimum Gasteiger partial charge on any atom is -0.366 e. The van der Waals surface area contributed by atoms with Crippen LogP contribution in [0.15, 0.2) is 41.8 Å². The molecule has 3 rings (SSSR count). The van der Waals surface area contributed by atoms with Gasteiger partial charge in [0, 0.05) is 37.6 Å². The van der Waals surface area contributed by atoms with E-state index in [4.69, 9.17) is 0 Å². The Morgan fingerprint density at radius 1 is 1.22 bits per heavy atom. The van der Waals surface area contributed by atoms with Crippen molar-refractivity contribution in [1.82, 2.24) is 9.55 Å². The largest absolute Gasteiger partial charge is 0.501 e. The van der Waals surface area contributed by atoms with E-state index in [1.807, 2.05) is 10.8 Å². The van der Waals surface area contributed by atoms with Crippen molar-refractivity contribution in [2.45, 2.75) is 29.3 Å². The molecule has 1 fully saturated rings. The molecule has 0 saturated carbocycles. The summed E-state index contributed by atoms with van der Waals surface area (Å²) in [5.41, 5.74) is -6.09. The Kier molecular flexibility index (Phi) is 4.84. The number of sulfone groups is 1. The number of hydrogen-bond donors (Lipinski definition) is 0. The van der Waals surface area contributed by atoms with Crippen LogP contribution in [0.25, 0.3) is 0 Å². The highest BCUT2D eigenvalue weighted by Crippen LogP contribution is 2.37. The lowest BCUT2D eigenvalue weighted by molar-refractivity contribution is -0.384. The zero-order valence-electron chi connectivity index (χ0n) is 13.8. The first-order valence-electron chi connectivity index (χ1n) is 7.93. The Labute approximate surface area is 152 Å². The van der Waals surface area contributed by atoms with Crippen molar-refractivity contribution in [3.05, 3.63) is 47.0 Å². The quantitative estimate of drug-likeness (QED) is 0.574. The predicted octanol–water partition coefficient (Wildman–Crippen LogP) is 2.93. The zero-order valence-corrected chi connectivity index (χ0v) is 14.7. The SMILES string of the molecule is O=[N+]([O-])c1cc(S(=O)(=O)C(F)(F)F)ccc1N1CCC(n2ccnc2)CC1. The molecule has 0 amide bonds. The van der Waals surface area contributed by atoms with E-state index >= 15 is 0 Å². The van der Waals surface area contributed by atoms with Gasteiger partial charge in [0.15, 0.2) is 0 Å². The maximum Gasteiger partial charge on any atom is 0.501 e. The van der Waals surface area contributed by atoms with Gasteiger partial charge < -0.3 is 9.47 Å². The summed E-state index contributed by atoms with van der Waals surface area (Å²) in [7, 11) is -5.65. The molecule has 27 heavy (non-hydrogen) atoms. The number of nitrogens with zero attached hydrogens (tertiary/aromatic N) is 4. The van der Waals surface area contributed by atoms with E-state index in [1.54, 1.807) is 17.4 Å². The van der Waals surface area contributed by atoms with Gasteiger partial charge in [0.1, 0.15) is 5.69 Å². The molecule has 0 aliphatic carbocycles. The van der Waals surface area contributed by atoms with E-state index < -0.39 is 30.9 Å². The van der Waals surface area contributed by atoms with Crippen LogP contribution < -0.4 is 4.90 Å². The number of piperidine rings is 1. The molecule has 1 saturated heterocycles. The highest BCUT2D eigenvalue weighted by atomic mass is 32.2. The van der Waals surface area contributed by atoms with E-state index in [2.05, 4.69) is 4.98 Å². The second-order valence-electron chi connectivity index (χ2n) is 6.08. The van der Waals surface area contributed by atoms with Crippen molar-refractivity contribution in [3.63, 3.8) is 0 Å². The Morgan fingerprint density at radius 2 is 1.89 bits per heavy atom. The molecule has 2 heterocycles. The van der Waals surface area contributed by atoms with Gasteiger partial charge in [-0.3, -0.25) is 10.1 Å². The minimum atomic E-state index is -5.65. The first-order chi connectivity index (χ1) is 12.6. The van der Waals surface area contributed by atoms with Crippen LogP contribution in [0, 0.1) is 10.1 Å². The maximum atomic E-state index is 12.7. The number of aromatic nitrogens is 2. The monoisotopic (exact) mass is 404 g/mol. The molecule has 1 aromatic heterocycles. The van der Waals surface area contributed by atoms with Crippen molar-refractivity contribution >= 4 is 21.2 Å². The van der Waals surface area contributed by atoms with Gasteiger partial charge in [0.05, 0.1) is 16.1 Å². The van der Waals surface area contributed by atoms with Gasteiger partial charge in [0.25, 0.3) is 15.5 Å². The Bertz CT molecular complexity index is 936. The van der Waals surface area contributed by atoms with Gasteiger partial charge in [0.2, 0.25) is 0 Å². The van der Waals surface area contributed by atoms with Crippen LogP contribution in [0.5, 0.6) is 0 Å². The van der Waals surface area contributed by atoms with Crippen LogP contribution >= 0.6 is 0 Å². The molecular weight excluding hydrogens is 389 g/mol. The number of nitro benzene ring substituents is 1. The van der Waals surface area contributed by atoms with E-state index in [-0.39, 0.29) is 11.7 Å².